The molecule has 0 aliphatic heterocycles. The van der Waals surface area contributed by atoms with Crippen LogP contribution in [0.4, 0.5) is 13.2 Å². The van der Waals surface area contributed by atoms with Crippen LogP contribution in [0.2, 0.25) is 0 Å². The largest absolute Gasteiger partial charge is 0.465 e. The number of benzene rings is 1. The summed E-state index contributed by atoms with van der Waals surface area (Å²) in [6, 6.07) is 7.65. The Morgan fingerprint density at radius 3 is 2.52 bits per heavy atom. The summed E-state index contributed by atoms with van der Waals surface area (Å²) in [5.41, 5.74) is -0.738. The number of hydrogen-bond donors (Lipinski definition) is 0. The zero-order chi connectivity index (χ0) is 17.0. The first-order valence-electron chi connectivity index (χ1n) is 6.18. The van der Waals surface area contributed by atoms with E-state index >= 15 is 0 Å². The highest BCUT2D eigenvalue weighted by atomic mass is 19.4. The number of halogens is 3. The van der Waals surface area contributed by atoms with Crippen molar-refractivity contribution in [2.45, 2.75) is 6.18 Å². The summed E-state index contributed by atoms with van der Waals surface area (Å²) in [5, 5.41) is 9.07. The first kappa shape index (κ1) is 16.3. The molecule has 2 aromatic rings. The Hall–Kier alpha value is -3.08. The summed E-state index contributed by atoms with van der Waals surface area (Å²) >= 11 is 0. The summed E-state index contributed by atoms with van der Waals surface area (Å²) in [4.78, 5) is 14.9. The third-order valence-corrected chi connectivity index (χ3v) is 2.80. The lowest BCUT2D eigenvalue weighted by Gasteiger charge is -2.09. The normalized spacial score (nSPS) is 10.7. The molecule has 0 atom stereocenters. The number of alkyl halides is 3. The molecule has 0 unspecified atom stereocenters. The average molecular weight is 322 g/mol. The fourth-order valence-corrected chi connectivity index (χ4v) is 1.67. The van der Waals surface area contributed by atoms with Crippen LogP contribution in [0, 0.1) is 11.3 Å². The number of methoxy groups -OCH3 is 1. The minimum atomic E-state index is -4.49. The van der Waals surface area contributed by atoms with E-state index in [0.717, 1.165) is 12.1 Å². The Morgan fingerprint density at radius 2 is 2.00 bits per heavy atom. The first-order chi connectivity index (χ1) is 10.8. The Bertz CT molecular complexity index is 765. The molecular formula is C15H9F3N2O3. The number of rotatable bonds is 3. The van der Waals surface area contributed by atoms with Crippen LogP contribution < -0.4 is 4.74 Å². The molecule has 23 heavy (non-hydrogen) atoms. The number of hydrogen-bond acceptors (Lipinski definition) is 5. The molecule has 1 aromatic carbocycles. The van der Waals surface area contributed by atoms with Crippen molar-refractivity contribution >= 4 is 5.97 Å². The van der Waals surface area contributed by atoms with Gasteiger partial charge in [-0.15, -0.1) is 0 Å². The molecule has 0 saturated heterocycles. The molecule has 0 N–H and O–H groups in total. The van der Waals surface area contributed by atoms with Gasteiger partial charge in [0.25, 0.3) is 0 Å². The number of nitrogens with zero attached hydrogens (tertiary/aromatic N) is 2. The minimum Gasteiger partial charge on any atom is -0.465 e. The number of nitriles is 1. The van der Waals surface area contributed by atoms with Gasteiger partial charge in [-0.25, -0.2) is 9.78 Å². The SMILES string of the molecule is COC(=O)c1ccc(Oc2ccc(C(F)(F)F)cn2)c(C#N)c1. The van der Waals surface area contributed by atoms with Crippen molar-refractivity contribution < 1.29 is 27.4 Å². The van der Waals surface area contributed by atoms with E-state index in [1.54, 1.807) is 0 Å². The van der Waals surface area contributed by atoms with E-state index in [9.17, 15) is 18.0 Å². The number of pyridine rings is 1. The molecule has 2 rings (SSSR count). The maximum atomic E-state index is 12.5. The van der Waals surface area contributed by atoms with Crippen LogP contribution in [0.25, 0.3) is 0 Å². The fourth-order valence-electron chi connectivity index (χ4n) is 1.67. The number of carbonyl (C=O) groups is 1. The van der Waals surface area contributed by atoms with Gasteiger partial charge >= 0.3 is 12.1 Å². The summed E-state index contributed by atoms with van der Waals surface area (Å²) in [5.74, 6) is -0.673. The quantitative estimate of drug-likeness (QED) is 0.808. The summed E-state index contributed by atoms with van der Waals surface area (Å²) in [7, 11) is 1.20. The van der Waals surface area contributed by atoms with Crippen LogP contribution in [0.5, 0.6) is 11.6 Å². The van der Waals surface area contributed by atoms with Crippen molar-refractivity contribution in [1.82, 2.24) is 4.98 Å². The third kappa shape index (κ3) is 3.77. The van der Waals surface area contributed by atoms with Crippen LogP contribution in [-0.2, 0) is 10.9 Å². The maximum absolute atomic E-state index is 12.5. The molecule has 0 aliphatic carbocycles. The Kier molecular flexibility index (Phi) is 4.50. The van der Waals surface area contributed by atoms with E-state index in [0.29, 0.717) is 6.20 Å². The number of esters is 1. The van der Waals surface area contributed by atoms with Gasteiger partial charge in [-0.1, -0.05) is 0 Å². The minimum absolute atomic E-state index is 0.0228. The van der Waals surface area contributed by atoms with E-state index in [1.807, 2.05) is 6.07 Å². The second kappa shape index (κ2) is 6.36. The topological polar surface area (TPSA) is 72.2 Å². The molecule has 8 heteroatoms. The molecule has 1 heterocycles. The van der Waals surface area contributed by atoms with Crippen molar-refractivity contribution in [1.29, 1.82) is 5.26 Å². The highest BCUT2D eigenvalue weighted by molar-refractivity contribution is 5.90. The Balaban J connectivity index is 2.26. The summed E-state index contributed by atoms with van der Waals surface area (Å²) < 4.78 is 47.2. The van der Waals surface area contributed by atoms with Gasteiger partial charge in [0.2, 0.25) is 5.88 Å². The standard InChI is InChI=1S/C15H9F3N2O3/c1-22-14(21)9-2-4-12(10(6-9)7-19)23-13-5-3-11(8-20-13)15(16,17)18/h2-6,8H,1H3. The summed E-state index contributed by atoms with van der Waals surface area (Å²) in [6.45, 7) is 0. The summed E-state index contributed by atoms with van der Waals surface area (Å²) in [6.07, 6.45) is -3.87. The molecule has 118 valence electrons. The van der Waals surface area contributed by atoms with Gasteiger partial charge in [0.1, 0.15) is 11.8 Å². The van der Waals surface area contributed by atoms with Crippen molar-refractivity contribution in [2.75, 3.05) is 7.11 Å². The molecule has 0 radical (unpaired) electrons. The second-order valence-corrected chi connectivity index (χ2v) is 4.30. The molecule has 0 saturated carbocycles. The highest BCUT2D eigenvalue weighted by Crippen LogP contribution is 2.30. The van der Waals surface area contributed by atoms with Crippen LogP contribution in [0.3, 0.4) is 0 Å². The number of ether oxygens (including phenoxy) is 2. The molecule has 5 nitrogen and oxygen atoms in total. The second-order valence-electron chi connectivity index (χ2n) is 4.30. The van der Waals surface area contributed by atoms with E-state index in [2.05, 4.69) is 9.72 Å². The van der Waals surface area contributed by atoms with Gasteiger partial charge in [0.15, 0.2) is 0 Å². The average Bonchev–Trinajstić information content (AvgIpc) is 2.54. The van der Waals surface area contributed by atoms with E-state index < -0.39 is 17.7 Å². The van der Waals surface area contributed by atoms with Gasteiger partial charge < -0.3 is 9.47 Å². The van der Waals surface area contributed by atoms with E-state index in [4.69, 9.17) is 10.00 Å². The zero-order valence-corrected chi connectivity index (χ0v) is 11.7. The number of aromatic nitrogens is 1. The molecule has 1 aromatic heterocycles. The van der Waals surface area contributed by atoms with Crippen LogP contribution in [0.15, 0.2) is 36.5 Å². The Morgan fingerprint density at radius 1 is 1.26 bits per heavy atom. The maximum Gasteiger partial charge on any atom is 0.417 e. The predicted octanol–water partition coefficient (Wildman–Crippen LogP) is 3.55. The van der Waals surface area contributed by atoms with Gasteiger partial charge in [-0.05, 0) is 24.3 Å². The molecule has 0 aliphatic rings. The van der Waals surface area contributed by atoms with Gasteiger partial charge in [-0.2, -0.15) is 18.4 Å². The predicted molar refractivity (Wildman–Crippen MR) is 71.8 cm³/mol. The zero-order valence-electron chi connectivity index (χ0n) is 11.7. The van der Waals surface area contributed by atoms with E-state index in [-0.39, 0.29) is 22.8 Å². The molecule has 0 fully saturated rings. The molecule has 0 spiro atoms. The smallest absolute Gasteiger partial charge is 0.417 e. The lowest BCUT2D eigenvalue weighted by atomic mass is 10.1. The van der Waals surface area contributed by atoms with Crippen molar-refractivity contribution in [3.8, 4) is 17.7 Å². The molecule has 0 amide bonds. The number of carbonyl (C=O) groups excluding carboxylic acids is 1. The van der Waals surface area contributed by atoms with Gasteiger partial charge in [-0.3, -0.25) is 0 Å². The van der Waals surface area contributed by atoms with Gasteiger partial charge in [0, 0.05) is 12.3 Å². The van der Waals surface area contributed by atoms with Crippen molar-refractivity contribution in [3.05, 3.63) is 53.2 Å². The third-order valence-electron chi connectivity index (χ3n) is 2.80. The van der Waals surface area contributed by atoms with Gasteiger partial charge in [0.05, 0.1) is 23.8 Å². The lowest BCUT2D eigenvalue weighted by Crippen LogP contribution is -2.05. The molecule has 0 bridgehead atoms. The van der Waals surface area contributed by atoms with Crippen LogP contribution in [0.1, 0.15) is 21.5 Å². The first-order valence-corrected chi connectivity index (χ1v) is 6.18. The highest BCUT2D eigenvalue weighted by Gasteiger charge is 2.30. The van der Waals surface area contributed by atoms with Crippen LogP contribution in [-0.4, -0.2) is 18.1 Å². The van der Waals surface area contributed by atoms with Crippen LogP contribution >= 0.6 is 0 Å². The molecular weight excluding hydrogens is 313 g/mol. The van der Waals surface area contributed by atoms with Crippen molar-refractivity contribution in [2.24, 2.45) is 0 Å². The monoisotopic (exact) mass is 322 g/mol. The van der Waals surface area contributed by atoms with E-state index in [1.165, 1.54) is 25.3 Å². The lowest BCUT2D eigenvalue weighted by molar-refractivity contribution is -0.137. The Labute approximate surface area is 128 Å². The fraction of sp³-hybridized carbons (Fsp3) is 0.133. The van der Waals surface area contributed by atoms with Crippen molar-refractivity contribution in [3.63, 3.8) is 0 Å².